The predicted molar refractivity (Wildman–Crippen MR) is 103 cm³/mol. The van der Waals surface area contributed by atoms with Gasteiger partial charge in [-0.15, -0.1) is 0 Å². The first-order valence-electron chi connectivity index (χ1n) is 8.05. The number of hydrogen-bond acceptors (Lipinski definition) is 6. The number of benzene rings is 1. The molecule has 0 spiro atoms. The van der Waals surface area contributed by atoms with Crippen molar-refractivity contribution in [2.45, 2.75) is 27.7 Å². The van der Waals surface area contributed by atoms with Crippen molar-refractivity contribution in [1.29, 1.82) is 0 Å². The van der Waals surface area contributed by atoms with Crippen LogP contribution in [0.2, 0.25) is 15.1 Å². The van der Waals surface area contributed by atoms with Gasteiger partial charge in [-0.1, -0.05) is 62.5 Å². The molecule has 1 aromatic heterocycles. The Hall–Kier alpha value is -1.89. The van der Waals surface area contributed by atoms with Crippen LogP contribution in [0.15, 0.2) is 18.3 Å². The molecule has 0 fully saturated rings. The number of halogens is 3. The first-order valence-corrected chi connectivity index (χ1v) is 9.18. The van der Waals surface area contributed by atoms with Gasteiger partial charge in [-0.05, 0) is 12.1 Å². The largest absolute Gasteiger partial charge is 0.405 e. The van der Waals surface area contributed by atoms with Crippen LogP contribution < -0.4 is 9.47 Å². The first kappa shape index (κ1) is 21.4. The molecule has 6 nitrogen and oxygen atoms in total. The predicted octanol–water partition coefficient (Wildman–Crippen LogP) is 5.23. The van der Waals surface area contributed by atoms with E-state index >= 15 is 0 Å². The number of rotatable bonds is 5. The molecule has 0 aliphatic rings. The number of aromatic nitrogens is 2. The number of carbonyl (C=O) groups excluding carboxylic acids is 2. The van der Waals surface area contributed by atoms with Crippen molar-refractivity contribution in [3.05, 3.63) is 33.4 Å². The van der Waals surface area contributed by atoms with Crippen molar-refractivity contribution >= 4 is 46.7 Å². The van der Waals surface area contributed by atoms with Gasteiger partial charge in [0.25, 0.3) is 5.88 Å². The maximum Gasteiger partial charge on any atom is 0.315 e. The van der Waals surface area contributed by atoms with E-state index in [-0.39, 0.29) is 33.4 Å². The highest BCUT2D eigenvalue weighted by molar-refractivity contribution is 6.45. The fourth-order valence-corrected chi connectivity index (χ4v) is 2.52. The molecule has 27 heavy (non-hydrogen) atoms. The molecule has 0 amide bonds. The minimum absolute atomic E-state index is 0.103. The minimum Gasteiger partial charge on any atom is -0.405 e. The van der Waals surface area contributed by atoms with Crippen LogP contribution in [-0.2, 0) is 9.59 Å². The number of carbonyl (C=O) groups is 2. The van der Waals surface area contributed by atoms with Crippen LogP contribution in [0.3, 0.4) is 0 Å². The summed E-state index contributed by atoms with van der Waals surface area (Å²) in [5, 5.41) is 0.694. The van der Waals surface area contributed by atoms with E-state index in [0.717, 1.165) is 0 Å². The van der Waals surface area contributed by atoms with Crippen LogP contribution in [0.4, 0.5) is 0 Å². The van der Waals surface area contributed by atoms with Gasteiger partial charge < -0.3 is 9.47 Å². The van der Waals surface area contributed by atoms with Crippen molar-refractivity contribution in [2.75, 3.05) is 0 Å². The average Bonchev–Trinajstić information content (AvgIpc) is 2.58. The average molecular weight is 432 g/mol. The zero-order valence-corrected chi connectivity index (χ0v) is 17.3. The molecule has 0 unspecified atom stereocenters. The lowest BCUT2D eigenvalue weighted by Gasteiger charge is -2.13. The van der Waals surface area contributed by atoms with E-state index in [0.29, 0.717) is 10.6 Å². The Labute approximate surface area is 171 Å². The highest BCUT2D eigenvalue weighted by atomic mass is 35.5. The summed E-state index contributed by atoms with van der Waals surface area (Å²) in [6, 6.07) is 2.99. The van der Waals surface area contributed by atoms with Crippen molar-refractivity contribution in [3.8, 4) is 23.0 Å². The Morgan fingerprint density at radius 2 is 1.56 bits per heavy atom. The van der Waals surface area contributed by atoms with E-state index in [2.05, 4.69) is 9.97 Å². The maximum absolute atomic E-state index is 12.1. The summed E-state index contributed by atoms with van der Waals surface area (Å²) in [4.78, 5) is 32.2. The van der Waals surface area contributed by atoms with Crippen LogP contribution in [0.1, 0.15) is 27.7 Å². The number of nitrogens with zero attached hydrogens (tertiary/aromatic N) is 2. The summed E-state index contributed by atoms with van der Waals surface area (Å²) in [5.41, 5.74) is 0.470. The fourth-order valence-electron chi connectivity index (χ4n) is 1.82. The molecule has 0 saturated carbocycles. The number of ether oxygens (including phenoxy) is 2. The monoisotopic (exact) mass is 430 g/mol. The molecule has 0 radical (unpaired) electrons. The zero-order valence-electron chi connectivity index (χ0n) is 15.0. The molecule has 0 saturated heterocycles. The van der Waals surface area contributed by atoms with Gasteiger partial charge in [0.05, 0.1) is 28.1 Å². The quantitative estimate of drug-likeness (QED) is 0.476. The van der Waals surface area contributed by atoms with E-state index in [9.17, 15) is 9.59 Å². The Morgan fingerprint density at radius 1 is 0.963 bits per heavy atom. The Morgan fingerprint density at radius 3 is 2.15 bits per heavy atom. The molecule has 144 valence electrons. The standard InChI is InChI=1S/C18H17Cl3N2O4/c1-8(2)17(24)26-13-7-22-15(16(23-13)27-18(25)9(3)4)11-5-10(19)6-12(20)14(11)21/h5-9H,1-4H3. The van der Waals surface area contributed by atoms with Gasteiger partial charge in [-0.2, -0.15) is 4.98 Å². The van der Waals surface area contributed by atoms with Crippen molar-refractivity contribution in [3.63, 3.8) is 0 Å². The number of esters is 2. The van der Waals surface area contributed by atoms with Gasteiger partial charge >= 0.3 is 11.9 Å². The molecule has 2 rings (SSSR count). The second-order valence-corrected chi connectivity index (χ2v) is 7.48. The normalized spacial score (nSPS) is 11.0. The lowest BCUT2D eigenvalue weighted by Crippen LogP contribution is -2.18. The summed E-state index contributed by atoms with van der Waals surface area (Å²) < 4.78 is 10.5. The lowest BCUT2D eigenvalue weighted by molar-refractivity contribution is -0.138. The van der Waals surface area contributed by atoms with Crippen molar-refractivity contribution in [2.24, 2.45) is 11.8 Å². The van der Waals surface area contributed by atoms with E-state index in [1.54, 1.807) is 27.7 Å². The SMILES string of the molecule is CC(C)C(=O)Oc1cnc(-c2cc(Cl)cc(Cl)c2Cl)c(OC(=O)C(C)C)n1. The highest BCUT2D eigenvalue weighted by Gasteiger charge is 2.22. The van der Waals surface area contributed by atoms with Crippen LogP contribution in [0.25, 0.3) is 11.3 Å². The van der Waals surface area contributed by atoms with Gasteiger partial charge in [-0.25, -0.2) is 4.98 Å². The van der Waals surface area contributed by atoms with Crippen LogP contribution in [0, 0.1) is 11.8 Å². The zero-order chi connectivity index (χ0) is 20.3. The smallest absolute Gasteiger partial charge is 0.315 e. The molecular weight excluding hydrogens is 415 g/mol. The molecule has 0 bridgehead atoms. The Kier molecular flexibility index (Phi) is 7.03. The van der Waals surface area contributed by atoms with Gasteiger partial charge in [0.15, 0.2) is 0 Å². The van der Waals surface area contributed by atoms with Crippen LogP contribution >= 0.6 is 34.8 Å². The summed E-state index contributed by atoms with van der Waals surface area (Å²) in [7, 11) is 0. The van der Waals surface area contributed by atoms with Gasteiger partial charge in [0, 0.05) is 10.6 Å². The van der Waals surface area contributed by atoms with E-state index < -0.39 is 17.9 Å². The summed E-state index contributed by atoms with van der Waals surface area (Å²) in [5.74, 6) is -2.09. The minimum atomic E-state index is -0.540. The second-order valence-electron chi connectivity index (χ2n) is 6.26. The fraction of sp³-hybridized carbons (Fsp3) is 0.333. The van der Waals surface area contributed by atoms with Crippen LogP contribution in [0.5, 0.6) is 11.8 Å². The van der Waals surface area contributed by atoms with Crippen LogP contribution in [-0.4, -0.2) is 21.9 Å². The first-order chi connectivity index (χ1) is 12.6. The molecule has 1 aromatic carbocycles. The van der Waals surface area contributed by atoms with Crippen molar-refractivity contribution < 1.29 is 19.1 Å². The Bertz CT molecular complexity index is 885. The number of hydrogen-bond donors (Lipinski definition) is 0. The maximum atomic E-state index is 12.1. The molecule has 0 aliphatic heterocycles. The van der Waals surface area contributed by atoms with Gasteiger partial charge in [-0.3, -0.25) is 9.59 Å². The molecule has 0 aliphatic carbocycles. The van der Waals surface area contributed by atoms with Gasteiger partial charge in [0.2, 0.25) is 5.88 Å². The summed E-state index contributed by atoms with van der Waals surface area (Å²) >= 11 is 18.4. The van der Waals surface area contributed by atoms with E-state index in [4.69, 9.17) is 44.3 Å². The lowest BCUT2D eigenvalue weighted by atomic mass is 10.1. The summed E-state index contributed by atoms with van der Waals surface area (Å²) in [6.07, 6.45) is 1.23. The van der Waals surface area contributed by atoms with E-state index in [1.165, 1.54) is 18.3 Å². The topological polar surface area (TPSA) is 78.4 Å². The molecular formula is C18H17Cl3N2O4. The molecule has 0 atom stereocenters. The van der Waals surface area contributed by atoms with Crippen molar-refractivity contribution in [1.82, 2.24) is 9.97 Å². The summed E-state index contributed by atoms with van der Waals surface area (Å²) in [6.45, 7) is 6.69. The second kappa shape index (κ2) is 8.87. The molecule has 9 heteroatoms. The third kappa shape index (κ3) is 5.31. The van der Waals surface area contributed by atoms with Gasteiger partial charge in [0.1, 0.15) is 5.69 Å². The molecule has 1 heterocycles. The molecule has 0 N–H and O–H groups in total. The van der Waals surface area contributed by atoms with E-state index in [1.807, 2.05) is 0 Å². The highest BCUT2D eigenvalue weighted by Crippen LogP contribution is 2.39. The molecule has 2 aromatic rings. The third-order valence-corrected chi connectivity index (χ3v) is 4.33. The Balaban J connectivity index is 2.56. The third-order valence-electron chi connectivity index (χ3n) is 3.31.